The first kappa shape index (κ1) is 19.9. The van der Waals surface area contributed by atoms with E-state index in [0.29, 0.717) is 16.5 Å². The minimum absolute atomic E-state index is 0.0491. The molecule has 0 N–H and O–H groups in total. The van der Waals surface area contributed by atoms with Gasteiger partial charge in [0.15, 0.2) is 0 Å². The number of carbonyl (C=O) groups excluding carboxylic acids is 1. The van der Waals surface area contributed by atoms with Crippen LogP contribution in [0.4, 0.5) is 0 Å². The Morgan fingerprint density at radius 3 is 2.03 bits per heavy atom. The number of rotatable bonds is 4. The maximum Gasteiger partial charge on any atom is 0.252 e. The smallest absolute Gasteiger partial charge is 0.252 e. The maximum absolute atomic E-state index is 13.1. The topological polar surface area (TPSA) is 42.4 Å². The van der Waals surface area contributed by atoms with E-state index in [4.69, 9.17) is 27.9 Å². The summed E-state index contributed by atoms with van der Waals surface area (Å²) in [6, 6.07) is 18.6. The summed E-state index contributed by atoms with van der Waals surface area (Å²) in [6.45, 7) is 0. The number of hydrogen-bond acceptors (Lipinski definition) is 3. The molecule has 1 aliphatic rings. The van der Waals surface area contributed by atoms with Gasteiger partial charge in [0, 0.05) is 35.9 Å². The Balaban J connectivity index is 1.71. The lowest BCUT2D eigenvalue weighted by atomic mass is 9.91. The maximum atomic E-state index is 13.1. The van der Waals surface area contributed by atoms with Crippen molar-refractivity contribution in [1.29, 1.82) is 0 Å². The zero-order valence-electron chi connectivity index (χ0n) is 15.8. The first-order valence-electron chi connectivity index (χ1n) is 9.35. The number of nitrogens with zero attached hydrogens (tertiary/aromatic N) is 2. The highest BCUT2D eigenvalue weighted by Gasteiger charge is 2.42. The number of pyridine rings is 1. The predicted molar refractivity (Wildman–Crippen MR) is 114 cm³/mol. The van der Waals surface area contributed by atoms with E-state index in [1.807, 2.05) is 67.7 Å². The van der Waals surface area contributed by atoms with Crippen molar-refractivity contribution in [3.8, 4) is 0 Å². The summed E-state index contributed by atoms with van der Waals surface area (Å²) in [7, 11) is 1.83. The molecule has 6 heteroatoms. The Hall–Kier alpha value is -2.40. The SMILES string of the molecule is CN1C(=O)[C@H](Cc2ccncc2)OC(c2ccc(Cl)cc2)C1c1ccc(Cl)cc1. The Labute approximate surface area is 180 Å². The molecule has 0 aliphatic carbocycles. The third-order valence-corrected chi connectivity index (χ3v) is 5.72. The fourth-order valence-corrected chi connectivity index (χ4v) is 3.97. The van der Waals surface area contributed by atoms with Crippen molar-refractivity contribution < 1.29 is 9.53 Å². The van der Waals surface area contributed by atoms with Crippen molar-refractivity contribution in [2.45, 2.75) is 24.7 Å². The van der Waals surface area contributed by atoms with Gasteiger partial charge in [0.05, 0.1) is 6.04 Å². The average Bonchev–Trinajstić information content (AvgIpc) is 2.74. The average molecular weight is 427 g/mol. The molecule has 1 saturated heterocycles. The highest BCUT2D eigenvalue weighted by atomic mass is 35.5. The van der Waals surface area contributed by atoms with E-state index in [0.717, 1.165) is 16.7 Å². The monoisotopic (exact) mass is 426 g/mol. The van der Waals surface area contributed by atoms with Crippen LogP contribution in [0, 0.1) is 0 Å². The first-order chi connectivity index (χ1) is 14.0. The van der Waals surface area contributed by atoms with Gasteiger partial charge in [-0.05, 0) is 53.1 Å². The molecule has 1 aromatic heterocycles. The zero-order valence-corrected chi connectivity index (χ0v) is 17.3. The number of benzene rings is 2. The second-order valence-electron chi connectivity index (χ2n) is 7.10. The minimum atomic E-state index is -0.577. The van der Waals surface area contributed by atoms with Gasteiger partial charge in [-0.2, -0.15) is 0 Å². The van der Waals surface area contributed by atoms with E-state index >= 15 is 0 Å². The number of likely N-dealkylation sites (N-methyl/N-ethyl adjacent to an activating group) is 1. The van der Waals surface area contributed by atoms with Gasteiger partial charge in [-0.1, -0.05) is 47.5 Å². The number of aromatic nitrogens is 1. The summed E-state index contributed by atoms with van der Waals surface area (Å²) in [4.78, 5) is 19.0. The molecular weight excluding hydrogens is 407 g/mol. The van der Waals surface area contributed by atoms with Crippen molar-refractivity contribution >= 4 is 29.1 Å². The Bertz CT molecular complexity index is 978. The highest BCUT2D eigenvalue weighted by molar-refractivity contribution is 6.30. The number of ether oxygens (including phenoxy) is 1. The molecule has 2 aromatic carbocycles. The lowest BCUT2D eigenvalue weighted by Gasteiger charge is -2.43. The van der Waals surface area contributed by atoms with Gasteiger partial charge in [-0.3, -0.25) is 9.78 Å². The van der Waals surface area contributed by atoms with Crippen LogP contribution in [0.2, 0.25) is 10.0 Å². The Morgan fingerprint density at radius 2 is 1.45 bits per heavy atom. The van der Waals surface area contributed by atoms with Crippen LogP contribution in [0.5, 0.6) is 0 Å². The molecule has 3 atom stereocenters. The third-order valence-electron chi connectivity index (χ3n) is 5.22. The molecule has 2 heterocycles. The van der Waals surface area contributed by atoms with Crippen LogP contribution in [0.15, 0.2) is 73.1 Å². The molecule has 4 nitrogen and oxygen atoms in total. The molecular formula is C23H20Cl2N2O2. The van der Waals surface area contributed by atoms with Gasteiger partial charge in [0.1, 0.15) is 12.2 Å². The van der Waals surface area contributed by atoms with E-state index < -0.39 is 6.10 Å². The lowest BCUT2D eigenvalue weighted by molar-refractivity contribution is -0.171. The molecule has 1 fully saturated rings. The van der Waals surface area contributed by atoms with Crippen molar-refractivity contribution in [3.05, 3.63) is 99.8 Å². The largest absolute Gasteiger partial charge is 0.358 e. The normalized spacial score (nSPS) is 22.0. The van der Waals surface area contributed by atoms with Crippen LogP contribution in [-0.2, 0) is 16.0 Å². The Kier molecular flexibility index (Phi) is 5.86. The highest BCUT2D eigenvalue weighted by Crippen LogP contribution is 2.42. The summed E-state index contributed by atoms with van der Waals surface area (Å²) >= 11 is 12.2. The van der Waals surface area contributed by atoms with Crippen LogP contribution < -0.4 is 0 Å². The van der Waals surface area contributed by atoms with Crippen LogP contribution in [0.25, 0.3) is 0 Å². The quantitative estimate of drug-likeness (QED) is 0.570. The number of carbonyl (C=O) groups is 1. The zero-order chi connectivity index (χ0) is 20.4. The van der Waals surface area contributed by atoms with Gasteiger partial charge < -0.3 is 9.64 Å². The number of hydrogen-bond donors (Lipinski definition) is 0. The molecule has 1 aliphatic heterocycles. The number of amides is 1. The fraction of sp³-hybridized carbons (Fsp3) is 0.217. The van der Waals surface area contributed by atoms with Gasteiger partial charge >= 0.3 is 0 Å². The van der Waals surface area contributed by atoms with E-state index in [1.165, 1.54) is 0 Å². The van der Waals surface area contributed by atoms with Gasteiger partial charge in [0.2, 0.25) is 0 Å². The summed E-state index contributed by atoms with van der Waals surface area (Å²) < 4.78 is 6.41. The van der Waals surface area contributed by atoms with E-state index in [-0.39, 0.29) is 18.1 Å². The second-order valence-corrected chi connectivity index (χ2v) is 7.97. The second kappa shape index (κ2) is 8.54. The molecule has 2 unspecified atom stereocenters. The summed E-state index contributed by atoms with van der Waals surface area (Å²) in [5, 5.41) is 1.31. The summed E-state index contributed by atoms with van der Waals surface area (Å²) in [6.07, 6.45) is 3.02. The molecule has 0 spiro atoms. The molecule has 148 valence electrons. The van der Waals surface area contributed by atoms with Gasteiger partial charge in [0.25, 0.3) is 5.91 Å². The number of morpholine rings is 1. The van der Waals surface area contributed by atoms with Crippen LogP contribution in [-0.4, -0.2) is 28.9 Å². The van der Waals surface area contributed by atoms with E-state index in [2.05, 4.69) is 4.98 Å². The van der Waals surface area contributed by atoms with Gasteiger partial charge in [-0.25, -0.2) is 0 Å². The van der Waals surface area contributed by atoms with E-state index in [9.17, 15) is 4.79 Å². The molecule has 0 saturated carbocycles. The minimum Gasteiger partial charge on any atom is -0.358 e. The molecule has 0 radical (unpaired) electrons. The van der Waals surface area contributed by atoms with Crippen molar-refractivity contribution in [2.75, 3.05) is 7.05 Å². The fourth-order valence-electron chi connectivity index (χ4n) is 3.72. The van der Waals surface area contributed by atoms with Crippen molar-refractivity contribution in [1.82, 2.24) is 9.88 Å². The third kappa shape index (κ3) is 4.30. The molecule has 1 amide bonds. The number of halogens is 2. The lowest BCUT2D eigenvalue weighted by Crippen LogP contribution is -2.49. The Morgan fingerprint density at radius 1 is 0.897 bits per heavy atom. The molecule has 4 rings (SSSR count). The van der Waals surface area contributed by atoms with Crippen LogP contribution in [0.1, 0.15) is 28.8 Å². The standard InChI is InChI=1S/C23H20Cl2N2O2/c1-27-21(16-2-6-18(24)7-3-16)22(17-4-8-19(25)9-5-17)29-20(23(27)28)14-15-10-12-26-13-11-15/h2-13,20-22H,14H2,1H3/t20-,21?,22?/m0/s1. The van der Waals surface area contributed by atoms with Gasteiger partial charge in [-0.15, -0.1) is 0 Å². The molecule has 3 aromatic rings. The molecule has 0 bridgehead atoms. The predicted octanol–water partition coefficient (Wildman–Crippen LogP) is 5.27. The van der Waals surface area contributed by atoms with Crippen LogP contribution in [0.3, 0.4) is 0 Å². The van der Waals surface area contributed by atoms with E-state index in [1.54, 1.807) is 17.3 Å². The molecule has 29 heavy (non-hydrogen) atoms. The summed E-state index contributed by atoms with van der Waals surface area (Å²) in [5.41, 5.74) is 2.94. The van der Waals surface area contributed by atoms with Crippen molar-refractivity contribution in [3.63, 3.8) is 0 Å². The van der Waals surface area contributed by atoms with Crippen molar-refractivity contribution in [2.24, 2.45) is 0 Å². The summed E-state index contributed by atoms with van der Waals surface area (Å²) in [5.74, 6) is -0.0491. The van der Waals surface area contributed by atoms with Crippen LogP contribution >= 0.6 is 23.2 Å². The first-order valence-corrected chi connectivity index (χ1v) is 10.1.